The maximum Gasteiger partial charge on any atom is 0.188 e. The standard InChI is InChI=1S/C10H8Cl2N2OS/c1-15-6-2-3-7(11)8(4-6)13-10-14-9(12)5-16-10/h2-5H,1H3,(H,13,14). The van der Waals surface area contributed by atoms with E-state index in [9.17, 15) is 0 Å². The van der Waals surface area contributed by atoms with Gasteiger partial charge >= 0.3 is 0 Å². The van der Waals surface area contributed by atoms with E-state index in [0.29, 0.717) is 15.3 Å². The number of aromatic nitrogens is 1. The van der Waals surface area contributed by atoms with Gasteiger partial charge in [0.05, 0.1) is 17.8 Å². The lowest BCUT2D eigenvalue weighted by Gasteiger charge is -2.07. The molecule has 3 nitrogen and oxygen atoms in total. The number of nitrogens with one attached hydrogen (secondary N) is 1. The van der Waals surface area contributed by atoms with Crippen LogP contribution in [0.5, 0.6) is 5.75 Å². The second-order valence-corrected chi connectivity index (χ2v) is 4.60. The smallest absolute Gasteiger partial charge is 0.188 e. The molecular formula is C10H8Cl2N2OS. The van der Waals surface area contributed by atoms with Crippen molar-refractivity contribution in [3.63, 3.8) is 0 Å². The van der Waals surface area contributed by atoms with E-state index in [-0.39, 0.29) is 0 Å². The fourth-order valence-electron chi connectivity index (χ4n) is 1.15. The fraction of sp³-hybridized carbons (Fsp3) is 0.100. The van der Waals surface area contributed by atoms with Gasteiger partial charge in [0.15, 0.2) is 5.13 Å². The van der Waals surface area contributed by atoms with E-state index in [4.69, 9.17) is 27.9 Å². The second-order valence-electron chi connectivity index (χ2n) is 2.95. The topological polar surface area (TPSA) is 34.1 Å². The van der Waals surface area contributed by atoms with E-state index < -0.39 is 0 Å². The number of thiazole rings is 1. The van der Waals surface area contributed by atoms with Crippen molar-refractivity contribution in [2.45, 2.75) is 0 Å². The predicted molar refractivity (Wildman–Crippen MR) is 68.4 cm³/mol. The number of anilines is 2. The summed E-state index contributed by atoms with van der Waals surface area (Å²) in [6.45, 7) is 0. The summed E-state index contributed by atoms with van der Waals surface area (Å²) >= 11 is 13.2. The summed E-state index contributed by atoms with van der Waals surface area (Å²) in [6.07, 6.45) is 0. The zero-order valence-corrected chi connectivity index (χ0v) is 10.7. The molecule has 0 atom stereocenters. The lowest BCUT2D eigenvalue weighted by Crippen LogP contribution is -1.91. The molecule has 1 N–H and O–H groups in total. The molecule has 2 rings (SSSR count). The Morgan fingerprint density at radius 3 is 2.81 bits per heavy atom. The van der Waals surface area contributed by atoms with E-state index in [1.54, 1.807) is 30.7 Å². The first kappa shape index (κ1) is 11.5. The van der Waals surface area contributed by atoms with Crippen LogP contribution >= 0.6 is 34.5 Å². The van der Waals surface area contributed by atoms with Crippen LogP contribution in [0.2, 0.25) is 10.2 Å². The highest BCUT2D eigenvalue weighted by Crippen LogP contribution is 2.31. The van der Waals surface area contributed by atoms with Gasteiger partial charge in [-0.3, -0.25) is 0 Å². The Bertz CT molecular complexity index is 501. The van der Waals surface area contributed by atoms with Gasteiger partial charge in [-0.1, -0.05) is 23.2 Å². The third kappa shape index (κ3) is 2.58. The second kappa shape index (κ2) is 4.91. The average Bonchev–Trinajstić information content (AvgIpc) is 2.67. The van der Waals surface area contributed by atoms with Crippen molar-refractivity contribution >= 4 is 45.4 Å². The lowest BCUT2D eigenvalue weighted by atomic mass is 10.3. The van der Waals surface area contributed by atoms with Crippen LogP contribution in [0, 0.1) is 0 Å². The zero-order valence-electron chi connectivity index (χ0n) is 8.33. The highest BCUT2D eigenvalue weighted by Gasteiger charge is 2.05. The van der Waals surface area contributed by atoms with Gasteiger partial charge < -0.3 is 10.1 Å². The molecule has 84 valence electrons. The summed E-state index contributed by atoms with van der Waals surface area (Å²) in [5.74, 6) is 0.731. The van der Waals surface area contributed by atoms with Crippen LogP contribution in [-0.2, 0) is 0 Å². The molecule has 16 heavy (non-hydrogen) atoms. The summed E-state index contributed by atoms with van der Waals surface area (Å²) < 4.78 is 5.11. The number of rotatable bonds is 3. The van der Waals surface area contributed by atoms with Gasteiger partial charge in [0.25, 0.3) is 0 Å². The highest BCUT2D eigenvalue weighted by atomic mass is 35.5. The fourth-order valence-corrected chi connectivity index (χ4v) is 2.17. The maximum atomic E-state index is 6.04. The molecule has 0 spiro atoms. The molecule has 2 aromatic rings. The van der Waals surface area contributed by atoms with E-state index in [0.717, 1.165) is 11.4 Å². The van der Waals surface area contributed by atoms with Crippen LogP contribution in [0.1, 0.15) is 0 Å². The molecule has 0 bridgehead atoms. The van der Waals surface area contributed by atoms with Crippen molar-refractivity contribution in [2.24, 2.45) is 0 Å². The Labute approximate surface area is 107 Å². The third-order valence-electron chi connectivity index (χ3n) is 1.89. The Hall–Kier alpha value is -0.970. The van der Waals surface area contributed by atoms with Crippen molar-refractivity contribution < 1.29 is 4.74 Å². The number of hydrogen-bond acceptors (Lipinski definition) is 4. The van der Waals surface area contributed by atoms with Crippen molar-refractivity contribution in [1.82, 2.24) is 4.98 Å². The van der Waals surface area contributed by atoms with Crippen LogP contribution in [0.3, 0.4) is 0 Å². The number of benzene rings is 1. The SMILES string of the molecule is COc1ccc(Cl)c(Nc2nc(Cl)cs2)c1. The van der Waals surface area contributed by atoms with Crippen LogP contribution in [0.15, 0.2) is 23.6 Å². The Morgan fingerprint density at radius 2 is 2.19 bits per heavy atom. The molecule has 0 fully saturated rings. The summed E-state index contributed by atoms with van der Waals surface area (Å²) in [6, 6.07) is 5.36. The van der Waals surface area contributed by atoms with E-state index in [1.165, 1.54) is 11.3 Å². The Kier molecular flexibility index (Phi) is 3.53. The third-order valence-corrected chi connectivity index (χ3v) is 3.30. The van der Waals surface area contributed by atoms with E-state index in [2.05, 4.69) is 10.3 Å². The van der Waals surface area contributed by atoms with Gasteiger partial charge in [-0.05, 0) is 12.1 Å². The number of ether oxygens (including phenoxy) is 1. The van der Waals surface area contributed by atoms with Crippen molar-refractivity contribution in [2.75, 3.05) is 12.4 Å². The molecule has 0 aliphatic carbocycles. The molecule has 0 unspecified atom stereocenters. The number of nitrogens with zero attached hydrogens (tertiary/aromatic N) is 1. The quantitative estimate of drug-likeness (QED) is 0.911. The monoisotopic (exact) mass is 274 g/mol. The Balaban J connectivity index is 2.26. The maximum absolute atomic E-state index is 6.04. The molecule has 1 heterocycles. The summed E-state index contributed by atoms with van der Waals surface area (Å²) in [7, 11) is 1.60. The molecule has 0 aliphatic rings. The molecule has 0 amide bonds. The minimum Gasteiger partial charge on any atom is -0.497 e. The molecule has 0 saturated heterocycles. The van der Waals surface area contributed by atoms with E-state index >= 15 is 0 Å². The van der Waals surface area contributed by atoms with Gasteiger partial charge in [0, 0.05) is 11.4 Å². The average molecular weight is 275 g/mol. The van der Waals surface area contributed by atoms with Gasteiger partial charge in [0.2, 0.25) is 0 Å². The molecule has 0 saturated carbocycles. The minimum absolute atomic E-state index is 0.464. The molecule has 0 radical (unpaired) electrons. The van der Waals surface area contributed by atoms with Crippen molar-refractivity contribution in [3.8, 4) is 5.75 Å². The van der Waals surface area contributed by atoms with Gasteiger partial charge in [-0.25, -0.2) is 4.98 Å². The summed E-state index contributed by atoms with van der Waals surface area (Å²) in [5, 5.41) is 6.59. The minimum atomic E-state index is 0.464. The largest absolute Gasteiger partial charge is 0.497 e. The number of hydrogen-bond donors (Lipinski definition) is 1. The molecular weight excluding hydrogens is 267 g/mol. The zero-order chi connectivity index (χ0) is 11.5. The van der Waals surface area contributed by atoms with Gasteiger partial charge in [-0.2, -0.15) is 0 Å². The predicted octanol–water partition coefficient (Wildman–Crippen LogP) is 4.20. The first-order valence-corrected chi connectivity index (χ1v) is 6.04. The van der Waals surface area contributed by atoms with Crippen molar-refractivity contribution in [3.05, 3.63) is 33.8 Å². The van der Waals surface area contributed by atoms with Crippen LogP contribution < -0.4 is 10.1 Å². The normalized spacial score (nSPS) is 10.2. The highest BCUT2D eigenvalue weighted by molar-refractivity contribution is 7.14. The number of methoxy groups -OCH3 is 1. The van der Waals surface area contributed by atoms with Crippen LogP contribution in [0.25, 0.3) is 0 Å². The first-order valence-electron chi connectivity index (χ1n) is 4.40. The molecule has 1 aromatic carbocycles. The Morgan fingerprint density at radius 1 is 1.38 bits per heavy atom. The van der Waals surface area contributed by atoms with Crippen LogP contribution in [-0.4, -0.2) is 12.1 Å². The summed E-state index contributed by atoms with van der Waals surface area (Å²) in [4.78, 5) is 4.08. The molecule has 1 aromatic heterocycles. The molecule has 0 aliphatic heterocycles. The van der Waals surface area contributed by atoms with Gasteiger partial charge in [-0.15, -0.1) is 11.3 Å². The van der Waals surface area contributed by atoms with Crippen molar-refractivity contribution in [1.29, 1.82) is 0 Å². The molecule has 6 heteroatoms. The first-order chi connectivity index (χ1) is 7.69. The van der Waals surface area contributed by atoms with Crippen LogP contribution in [0.4, 0.5) is 10.8 Å². The van der Waals surface area contributed by atoms with E-state index in [1.807, 2.05) is 0 Å². The summed E-state index contributed by atoms with van der Waals surface area (Å²) in [5.41, 5.74) is 0.743. The van der Waals surface area contributed by atoms with Gasteiger partial charge in [0.1, 0.15) is 10.9 Å². The number of halogens is 2. The lowest BCUT2D eigenvalue weighted by molar-refractivity contribution is 0.415.